The Bertz CT molecular complexity index is 269. The van der Waals surface area contributed by atoms with E-state index in [1.807, 2.05) is 0 Å². The lowest BCUT2D eigenvalue weighted by atomic mass is 9.90. The Hall–Kier alpha value is -1.05. The number of amides is 1. The first-order valence-corrected chi connectivity index (χ1v) is 5.81. The highest BCUT2D eigenvalue weighted by molar-refractivity contribution is 5.82. The lowest BCUT2D eigenvalue weighted by Gasteiger charge is -2.38. The van der Waals surface area contributed by atoms with Crippen LogP contribution in [-0.4, -0.2) is 41.1 Å². The van der Waals surface area contributed by atoms with Crippen LogP contribution in [0.2, 0.25) is 0 Å². The SMILES string of the molecule is C#CCC(N)C(=O)N(CCCO)C1CCC1. The fourth-order valence-electron chi connectivity index (χ4n) is 1.84. The van der Waals surface area contributed by atoms with Crippen molar-refractivity contribution in [3.05, 3.63) is 0 Å². The molecule has 0 aliphatic heterocycles. The Labute approximate surface area is 96.8 Å². The van der Waals surface area contributed by atoms with Crippen LogP contribution in [0, 0.1) is 12.3 Å². The summed E-state index contributed by atoms with van der Waals surface area (Å²) >= 11 is 0. The van der Waals surface area contributed by atoms with Crippen molar-refractivity contribution in [3.63, 3.8) is 0 Å². The van der Waals surface area contributed by atoms with Crippen LogP contribution in [0.4, 0.5) is 0 Å². The van der Waals surface area contributed by atoms with Gasteiger partial charge in [0.15, 0.2) is 0 Å². The highest BCUT2D eigenvalue weighted by Crippen LogP contribution is 2.25. The zero-order valence-electron chi connectivity index (χ0n) is 9.56. The van der Waals surface area contributed by atoms with E-state index in [0.29, 0.717) is 19.0 Å². The minimum atomic E-state index is -0.593. The molecule has 0 bridgehead atoms. The Kier molecular flexibility index (Phi) is 5.30. The van der Waals surface area contributed by atoms with Gasteiger partial charge >= 0.3 is 0 Å². The van der Waals surface area contributed by atoms with Crippen molar-refractivity contribution in [2.45, 2.75) is 44.2 Å². The largest absolute Gasteiger partial charge is 0.396 e. The maximum atomic E-state index is 12.0. The summed E-state index contributed by atoms with van der Waals surface area (Å²) in [6, 6.07) is -0.285. The van der Waals surface area contributed by atoms with Crippen molar-refractivity contribution in [2.24, 2.45) is 5.73 Å². The molecule has 1 aliphatic carbocycles. The fourth-order valence-corrected chi connectivity index (χ4v) is 1.84. The van der Waals surface area contributed by atoms with Crippen LogP contribution in [0.15, 0.2) is 0 Å². The van der Waals surface area contributed by atoms with Crippen molar-refractivity contribution in [1.82, 2.24) is 4.90 Å². The molecule has 1 amide bonds. The molecule has 4 heteroatoms. The number of nitrogens with two attached hydrogens (primary N) is 1. The molecule has 0 heterocycles. The van der Waals surface area contributed by atoms with Crippen LogP contribution in [0.1, 0.15) is 32.1 Å². The first kappa shape index (κ1) is 13.0. The molecule has 0 saturated heterocycles. The van der Waals surface area contributed by atoms with Gasteiger partial charge < -0.3 is 15.7 Å². The Morgan fingerprint density at radius 2 is 2.31 bits per heavy atom. The van der Waals surface area contributed by atoms with E-state index >= 15 is 0 Å². The van der Waals surface area contributed by atoms with Crippen LogP contribution in [0.25, 0.3) is 0 Å². The average molecular weight is 224 g/mol. The Morgan fingerprint density at radius 3 is 2.75 bits per heavy atom. The molecular formula is C12H20N2O2. The molecule has 1 fully saturated rings. The van der Waals surface area contributed by atoms with Crippen molar-refractivity contribution in [1.29, 1.82) is 0 Å². The molecule has 0 spiro atoms. The van der Waals surface area contributed by atoms with Gasteiger partial charge in [-0.25, -0.2) is 0 Å². The molecule has 0 aromatic carbocycles. The molecule has 3 N–H and O–H groups in total. The third-order valence-electron chi connectivity index (χ3n) is 3.01. The summed E-state index contributed by atoms with van der Waals surface area (Å²) in [5, 5.41) is 8.81. The maximum absolute atomic E-state index is 12.0. The smallest absolute Gasteiger partial charge is 0.240 e. The molecule has 0 aromatic heterocycles. The van der Waals surface area contributed by atoms with Gasteiger partial charge in [0.25, 0.3) is 0 Å². The minimum Gasteiger partial charge on any atom is -0.396 e. The van der Waals surface area contributed by atoms with Gasteiger partial charge in [-0.05, 0) is 25.7 Å². The zero-order chi connectivity index (χ0) is 12.0. The molecule has 1 saturated carbocycles. The quantitative estimate of drug-likeness (QED) is 0.629. The van der Waals surface area contributed by atoms with Crippen LogP contribution >= 0.6 is 0 Å². The number of terminal acetylenes is 1. The molecule has 16 heavy (non-hydrogen) atoms. The van der Waals surface area contributed by atoms with E-state index in [9.17, 15) is 4.79 Å². The maximum Gasteiger partial charge on any atom is 0.240 e. The summed E-state index contributed by atoms with van der Waals surface area (Å²) in [7, 11) is 0. The zero-order valence-corrected chi connectivity index (χ0v) is 9.56. The molecule has 0 aromatic rings. The summed E-state index contributed by atoms with van der Waals surface area (Å²) < 4.78 is 0. The summed E-state index contributed by atoms with van der Waals surface area (Å²) in [6.45, 7) is 0.680. The normalized spacial score (nSPS) is 17.3. The van der Waals surface area contributed by atoms with Crippen molar-refractivity contribution < 1.29 is 9.90 Å². The topological polar surface area (TPSA) is 66.6 Å². The number of hydrogen-bond acceptors (Lipinski definition) is 3. The van der Waals surface area contributed by atoms with Crippen molar-refractivity contribution in [2.75, 3.05) is 13.2 Å². The minimum absolute atomic E-state index is 0.0731. The van der Waals surface area contributed by atoms with Crippen LogP contribution in [-0.2, 0) is 4.79 Å². The molecule has 4 nitrogen and oxygen atoms in total. The molecule has 90 valence electrons. The molecule has 1 aliphatic rings. The lowest BCUT2D eigenvalue weighted by Crippen LogP contribution is -2.51. The number of carbonyl (C=O) groups is 1. The second-order valence-corrected chi connectivity index (χ2v) is 4.21. The van der Waals surface area contributed by atoms with Gasteiger partial charge in [-0.1, -0.05) is 0 Å². The summed E-state index contributed by atoms with van der Waals surface area (Å²) in [4.78, 5) is 13.8. The standard InChI is InChI=1S/C12H20N2O2/c1-2-5-11(13)12(16)14(8-4-9-15)10-6-3-7-10/h1,10-11,15H,3-9,13H2. The number of hydrogen-bond donors (Lipinski definition) is 2. The predicted molar refractivity (Wildman–Crippen MR) is 62.5 cm³/mol. The number of carbonyl (C=O) groups excluding carboxylic acids is 1. The first-order valence-electron chi connectivity index (χ1n) is 5.81. The number of aliphatic hydroxyl groups excluding tert-OH is 1. The Morgan fingerprint density at radius 1 is 1.62 bits per heavy atom. The number of nitrogens with zero attached hydrogens (tertiary/aromatic N) is 1. The van der Waals surface area contributed by atoms with Gasteiger partial charge in [0.05, 0.1) is 6.04 Å². The first-order chi connectivity index (χ1) is 7.70. The summed E-state index contributed by atoms with van der Waals surface area (Å²) in [6.07, 6.45) is 9.28. The van der Waals surface area contributed by atoms with Gasteiger partial charge in [0, 0.05) is 25.6 Å². The van der Waals surface area contributed by atoms with E-state index in [4.69, 9.17) is 17.3 Å². The van der Waals surface area contributed by atoms with E-state index in [-0.39, 0.29) is 18.9 Å². The molecule has 1 unspecified atom stereocenters. The second-order valence-electron chi connectivity index (χ2n) is 4.21. The van der Waals surface area contributed by atoms with Crippen LogP contribution < -0.4 is 5.73 Å². The van der Waals surface area contributed by atoms with Gasteiger partial charge in [-0.2, -0.15) is 0 Å². The lowest BCUT2D eigenvalue weighted by molar-refractivity contribution is -0.136. The van der Waals surface area contributed by atoms with E-state index in [0.717, 1.165) is 19.3 Å². The monoisotopic (exact) mass is 224 g/mol. The van der Waals surface area contributed by atoms with E-state index in [1.165, 1.54) is 0 Å². The highest BCUT2D eigenvalue weighted by atomic mass is 16.3. The van der Waals surface area contributed by atoms with Crippen molar-refractivity contribution >= 4 is 5.91 Å². The van der Waals surface area contributed by atoms with E-state index in [1.54, 1.807) is 4.90 Å². The summed E-state index contributed by atoms with van der Waals surface area (Å²) in [5.74, 6) is 2.34. The van der Waals surface area contributed by atoms with Crippen LogP contribution in [0.5, 0.6) is 0 Å². The second kappa shape index (κ2) is 6.51. The molecule has 1 atom stereocenters. The molecular weight excluding hydrogens is 204 g/mol. The van der Waals surface area contributed by atoms with Gasteiger partial charge in [0.2, 0.25) is 5.91 Å². The Balaban J connectivity index is 2.53. The van der Waals surface area contributed by atoms with Crippen LogP contribution in [0.3, 0.4) is 0 Å². The average Bonchev–Trinajstić information content (AvgIpc) is 2.20. The van der Waals surface area contributed by atoms with E-state index < -0.39 is 6.04 Å². The molecule has 0 radical (unpaired) electrons. The van der Waals surface area contributed by atoms with E-state index in [2.05, 4.69) is 5.92 Å². The third-order valence-corrected chi connectivity index (χ3v) is 3.01. The molecule has 1 rings (SSSR count). The number of aliphatic hydroxyl groups is 1. The third kappa shape index (κ3) is 3.22. The number of rotatable bonds is 6. The summed E-state index contributed by atoms with van der Waals surface area (Å²) in [5.41, 5.74) is 5.72. The van der Waals surface area contributed by atoms with Gasteiger partial charge in [-0.15, -0.1) is 12.3 Å². The highest BCUT2D eigenvalue weighted by Gasteiger charge is 2.30. The van der Waals surface area contributed by atoms with Crippen molar-refractivity contribution in [3.8, 4) is 12.3 Å². The predicted octanol–water partition coefficient (Wildman–Crippen LogP) is 0.100. The van der Waals surface area contributed by atoms with Gasteiger partial charge in [0.1, 0.15) is 0 Å². The van der Waals surface area contributed by atoms with Gasteiger partial charge in [-0.3, -0.25) is 4.79 Å². The fraction of sp³-hybridized carbons (Fsp3) is 0.750.